The van der Waals surface area contributed by atoms with E-state index in [-0.39, 0.29) is 11.0 Å². The fourth-order valence-electron chi connectivity index (χ4n) is 2.01. The Labute approximate surface area is 159 Å². The first-order valence-corrected chi connectivity index (χ1v) is 8.79. The van der Waals surface area contributed by atoms with Gasteiger partial charge in [0.2, 0.25) is 0 Å². The van der Waals surface area contributed by atoms with Crippen molar-refractivity contribution in [3.8, 4) is 5.75 Å². The standard InChI is InChI=1S/C17H16BrClN2O2S/c1-3-23-15-7-5-11(18)8-13(15)16(22)21-17(24)20-14-9-12(19)6-4-10(14)2/h4-9H,3H2,1-2H3,(H2,20,21,22,24). The molecule has 0 bridgehead atoms. The number of ether oxygens (including phenoxy) is 1. The molecule has 0 heterocycles. The van der Waals surface area contributed by atoms with E-state index in [4.69, 9.17) is 28.6 Å². The summed E-state index contributed by atoms with van der Waals surface area (Å²) in [6, 6.07) is 10.7. The summed E-state index contributed by atoms with van der Waals surface area (Å²) in [6.45, 7) is 4.24. The molecule has 0 aliphatic rings. The second-order valence-electron chi connectivity index (χ2n) is 4.94. The van der Waals surface area contributed by atoms with Crippen LogP contribution in [0.15, 0.2) is 40.9 Å². The third-order valence-electron chi connectivity index (χ3n) is 3.16. The van der Waals surface area contributed by atoms with E-state index in [9.17, 15) is 4.79 Å². The van der Waals surface area contributed by atoms with E-state index in [1.54, 1.807) is 24.3 Å². The third kappa shape index (κ3) is 4.93. The van der Waals surface area contributed by atoms with Crippen molar-refractivity contribution in [2.24, 2.45) is 0 Å². The minimum atomic E-state index is -0.350. The average Bonchev–Trinajstić information content (AvgIpc) is 2.52. The smallest absolute Gasteiger partial charge is 0.261 e. The fourth-order valence-corrected chi connectivity index (χ4v) is 2.75. The maximum absolute atomic E-state index is 12.5. The van der Waals surface area contributed by atoms with Gasteiger partial charge in [0.1, 0.15) is 5.75 Å². The quantitative estimate of drug-likeness (QED) is 0.679. The van der Waals surface area contributed by atoms with Crippen LogP contribution in [0.5, 0.6) is 5.75 Å². The van der Waals surface area contributed by atoms with Crippen molar-refractivity contribution in [1.82, 2.24) is 5.32 Å². The van der Waals surface area contributed by atoms with E-state index in [0.29, 0.717) is 22.9 Å². The van der Waals surface area contributed by atoms with E-state index >= 15 is 0 Å². The zero-order valence-electron chi connectivity index (χ0n) is 13.2. The van der Waals surface area contributed by atoms with Crippen LogP contribution in [-0.2, 0) is 0 Å². The van der Waals surface area contributed by atoms with Gasteiger partial charge >= 0.3 is 0 Å². The van der Waals surface area contributed by atoms with Crippen molar-refractivity contribution in [3.05, 3.63) is 57.0 Å². The molecule has 126 valence electrons. The van der Waals surface area contributed by atoms with Gasteiger partial charge in [-0.05, 0) is 62.0 Å². The van der Waals surface area contributed by atoms with Gasteiger partial charge in [-0.2, -0.15) is 0 Å². The van der Waals surface area contributed by atoms with Crippen molar-refractivity contribution in [2.75, 3.05) is 11.9 Å². The van der Waals surface area contributed by atoms with Crippen LogP contribution >= 0.6 is 39.7 Å². The third-order valence-corrected chi connectivity index (χ3v) is 4.09. The first kappa shape index (κ1) is 18.7. The van der Waals surface area contributed by atoms with Crippen LogP contribution in [0.2, 0.25) is 5.02 Å². The molecule has 2 N–H and O–H groups in total. The maximum atomic E-state index is 12.5. The zero-order chi connectivity index (χ0) is 17.7. The van der Waals surface area contributed by atoms with Gasteiger partial charge in [-0.3, -0.25) is 10.1 Å². The van der Waals surface area contributed by atoms with Gasteiger partial charge < -0.3 is 10.1 Å². The minimum absolute atomic E-state index is 0.188. The van der Waals surface area contributed by atoms with Gasteiger partial charge in [-0.1, -0.05) is 33.6 Å². The molecule has 1 amide bonds. The molecule has 4 nitrogen and oxygen atoms in total. The maximum Gasteiger partial charge on any atom is 0.261 e. The summed E-state index contributed by atoms with van der Waals surface area (Å²) >= 11 is 14.6. The summed E-state index contributed by atoms with van der Waals surface area (Å²) in [5.41, 5.74) is 2.11. The molecule has 0 aliphatic heterocycles. The summed E-state index contributed by atoms with van der Waals surface area (Å²) in [4.78, 5) is 12.5. The highest BCUT2D eigenvalue weighted by atomic mass is 79.9. The highest BCUT2D eigenvalue weighted by Crippen LogP contribution is 2.24. The lowest BCUT2D eigenvalue weighted by Crippen LogP contribution is -2.34. The lowest BCUT2D eigenvalue weighted by Gasteiger charge is -2.14. The number of nitrogens with one attached hydrogen (secondary N) is 2. The molecular weight excluding hydrogens is 412 g/mol. The molecule has 0 radical (unpaired) electrons. The zero-order valence-corrected chi connectivity index (χ0v) is 16.3. The highest BCUT2D eigenvalue weighted by Gasteiger charge is 2.15. The Morgan fingerprint density at radius 3 is 2.75 bits per heavy atom. The van der Waals surface area contributed by atoms with Gasteiger partial charge in [0, 0.05) is 15.2 Å². The second kappa shape index (κ2) is 8.46. The molecule has 0 aromatic heterocycles. The molecule has 0 fully saturated rings. The summed E-state index contributed by atoms with van der Waals surface area (Å²) < 4.78 is 6.26. The number of amides is 1. The molecule has 0 saturated carbocycles. The Balaban J connectivity index is 2.13. The molecule has 24 heavy (non-hydrogen) atoms. The van der Waals surface area contributed by atoms with Crippen LogP contribution in [0.3, 0.4) is 0 Å². The van der Waals surface area contributed by atoms with Crippen LogP contribution in [0, 0.1) is 6.92 Å². The molecule has 2 rings (SSSR count). The number of anilines is 1. The number of thiocarbonyl (C=S) groups is 1. The van der Waals surface area contributed by atoms with Crippen LogP contribution in [0.4, 0.5) is 5.69 Å². The van der Waals surface area contributed by atoms with E-state index in [2.05, 4.69) is 26.6 Å². The molecule has 0 spiro atoms. The van der Waals surface area contributed by atoms with Crippen molar-refractivity contribution >= 4 is 56.5 Å². The van der Waals surface area contributed by atoms with Crippen molar-refractivity contribution in [3.63, 3.8) is 0 Å². The second-order valence-corrected chi connectivity index (χ2v) is 6.70. The van der Waals surface area contributed by atoms with E-state index < -0.39 is 0 Å². The predicted octanol–water partition coefficient (Wildman–Crippen LogP) is 4.94. The molecule has 7 heteroatoms. The van der Waals surface area contributed by atoms with Crippen molar-refractivity contribution in [2.45, 2.75) is 13.8 Å². The monoisotopic (exact) mass is 426 g/mol. The largest absolute Gasteiger partial charge is 0.493 e. The predicted molar refractivity (Wildman–Crippen MR) is 105 cm³/mol. The number of benzene rings is 2. The van der Waals surface area contributed by atoms with Crippen LogP contribution in [0.25, 0.3) is 0 Å². The van der Waals surface area contributed by atoms with Gasteiger partial charge in [-0.15, -0.1) is 0 Å². The Kier molecular flexibility index (Phi) is 6.60. The van der Waals surface area contributed by atoms with E-state index in [1.165, 1.54) is 0 Å². The lowest BCUT2D eigenvalue weighted by atomic mass is 10.2. The number of hydrogen-bond acceptors (Lipinski definition) is 3. The average molecular weight is 428 g/mol. The number of hydrogen-bond donors (Lipinski definition) is 2. The Morgan fingerprint density at radius 2 is 2.04 bits per heavy atom. The van der Waals surface area contributed by atoms with Crippen molar-refractivity contribution < 1.29 is 9.53 Å². The molecule has 0 saturated heterocycles. The summed E-state index contributed by atoms with van der Waals surface area (Å²) in [5, 5.41) is 6.41. The normalized spacial score (nSPS) is 10.2. The Bertz CT molecular complexity index is 783. The summed E-state index contributed by atoms with van der Waals surface area (Å²) in [7, 11) is 0. The number of carbonyl (C=O) groups is 1. The van der Waals surface area contributed by atoms with Gasteiger partial charge in [0.05, 0.1) is 12.2 Å². The Hall–Kier alpha value is -1.63. The number of carbonyl (C=O) groups excluding carboxylic acids is 1. The molecular formula is C17H16BrClN2O2S. The SMILES string of the molecule is CCOc1ccc(Br)cc1C(=O)NC(=S)Nc1cc(Cl)ccc1C. The lowest BCUT2D eigenvalue weighted by molar-refractivity contribution is 0.0974. The first-order chi connectivity index (χ1) is 11.4. The van der Waals surface area contributed by atoms with Crippen LogP contribution in [0.1, 0.15) is 22.8 Å². The van der Waals surface area contributed by atoms with Gasteiger partial charge in [0.25, 0.3) is 5.91 Å². The first-order valence-electron chi connectivity index (χ1n) is 7.21. The van der Waals surface area contributed by atoms with Gasteiger partial charge in [-0.25, -0.2) is 0 Å². The fraction of sp³-hybridized carbons (Fsp3) is 0.176. The van der Waals surface area contributed by atoms with E-state index in [1.807, 2.05) is 26.0 Å². The molecule has 2 aromatic carbocycles. The molecule has 0 atom stereocenters. The topological polar surface area (TPSA) is 50.4 Å². The number of halogens is 2. The molecule has 2 aromatic rings. The number of rotatable bonds is 4. The van der Waals surface area contributed by atoms with E-state index in [0.717, 1.165) is 15.7 Å². The van der Waals surface area contributed by atoms with Crippen LogP contribution < -0.4 is 15.4 Å². The summed E-state index contributed by atoms with van der Waals surface area (Å²) in [5.74, 6) is 0.150. The van der Waals surface area contributed by atoms with Crippen molar-refractivity contribution in [1.29, 1.82) is 0 Å². The number of aryl methyl sites for hydroxylation is 1. The Morgan fingerprint density at radius 1 is 1.29 bits per heavy atom. The highest BCUT2D eigenvalue weighted by molar-refractivity contribution is 9.10. The van der Waals surface area contributed by atoms with Crippen LogP contribution in [-0.4, -0.2) is 17.6 Å². The minimum Gasteiger partial charge on any atom is -0.493 e. The van der Waals surface area contributed by atoms with Gasteiger partial charge in [0.15, 0.2) is 5.11 Å². The molecule has 0 unspecified atom stereocenters. The molecule has 0 aliphatic carbocycles. The summed E-state index contributed by atoms with van der Waals surface area (Å²) in [6.07, 6.45) is 0.